The minimum Gasteiger partial charge on any atom is -0.506 e. The molecule has 222 valence electrons. The zero-order valence-electron chi connectivity index (χ0n) is 23.4. The topological polar surface area (TPSA) is 195 Å². The Labute approximate surface area is 246 Å². The molecular weight excluding hydrogens is 556 g/mol. The molecule has 4 aromatic rings. The number of hydrogen-bond donors (Lipinski definition) is 4. The van der Waals surface area contributed by atoms with Crippen LogP contribution in [0.5, 0.6) is 11.5 Å². The first-order chi connectivity index (χ1) is 20.4. The monoisotopic (exact) mass is 586 g/mol. The summed E-state index contributed by atoms with van der Waals surface area (Å²) < 4.78 is 10.2. The summed E-state index contributed by atoms with van der Waals surface area (Å²) in [7, 11) is 3.16. The average Bonchev–Trinajstić information content (AvgIpc) is 2.97. The number of ether oxygens (including phenoxy) is 2. The number of carboxylic acid groups (broad SMARTS) is 1. The second-order valence-corrected chi connectivity index (χ2v) is 9.23. The summed E-state index contributed by atoms with van der Waals surface area (Å²) in [5, 5.41) is 19.8. The number of nitrogens with two attached hydrogens (primary N) is 2. The van der Waals surface area contributed by atoms with Gasteiger partial charge in [0.05, 0.1) is 17.7 Å². The number of carboxylic acids is 1. The zero-order chi connectivity index (χ0) is 31.5. The van der Waals surface area contributed by atoms with Crippen molar-refractivity contribution in [2.24, 2.45) is 16.5 Å². The van der Waals surface area contributed by atoms with Gasteiger partial charge in [-0.3, -0.25) is 9.59 Å². The minimum absolute atomic E-state index is 0.00118. The molecule has 0 heterocycles. The maximum absolute atomic E-state index is 12.2. The van der Waals surface area contributed by atoms with Crippen LogP contribution in [0.25, 0.3) is 10.8 Å². The Kier molecular flexibility index (Phi) is 10.8. The van der Waals surface area contributed by atoms with Gasteiger partial charge in [-0.2, -0.15) is 0 Å². The van der Waals surface area contributed by atoms with Crippen molar-refractivity contribution in [1.82, 2.24) is 4.90 Å². The van der Waals surface area contributed by atoms with Gasteiger partial charge in [0, 0.05) is 19.5 Å². The van der Waals surface area contributed by atoms with E-state index in [0.717, 1.165) is 5.39 Å². The molecule has 4 rings (SSSR count). The van der Waals surface area contributed by atoms with Gasteiger partial charge < -0.3 is 36.1 Å². The predicted molar refractivity (Wildman–Crippen MR) is 159 cm³/mol. The number of aromatic carboxylic acids is 1. The lowest BCUT2D eigenvalue weighted by atomic mass is 10.1. The summed E-state index contributed by atoms with van der Waals surface area (Å²) in [5.74, 6) is -2.41. The normalized spacial score (nSPS) is 10.1. The van der Waals surface area contributed by atoms with Gasteiger partial charge in [0.2, 0.25) is 0 Å². The first-order valence-electron chi connectivity index (χ1n) is 12.7. The number of carbonyl (C=O) groups excluding carboxylic acids is 3. The molecule has 0 aliphatic carbocycles. The van der Waals surface area contributed by atoms with Crippen LogP contribution >= 0.6 is 0 Å². The molecule has 12 heteroatoms. The number of rotatable bonds is 8. The Bertz CT molecular complexity index is 1650. The van der Waals surface area contributed by atoms with Crippen molar-refractivity contribution in [3.63, 3.8) is 0 Å². The van der Waals surface area contributed by atoms with Gasteiger partial charge >= 0.3 is 17.9 Å². The van der Waals surface area contributed by atoms with E-state index in [2.05, 4.69) is 4.99 Å². The van der Waals surface area contributed by atoms with E-state index in [-0.39, 0.29) is 36.2 Å². The molecule has 6 N–H and O–H groups in total. The van der Waals surface area contributed by atoms with E-state index in [1.54, 1.807) is 80.8 Å². The molecule has 12 nitrogen and oxygen atoms in total. The highest BCUT2D eigenvalue weighted by Gasteiger charge is 2.13. The number of esters is 2. The van der Waals surface area contributed by atoms with Crippen molar-refractivity contribution in [1.29, 1.82) is 0 Å². The molecule has 0 unspecified atom stereocenters. The van der Waals surface area contributed by atoms with Crippen LogP contribution < -0.4 is 16.2 Å². The number of benzene rings is 4. The summed E-state index contributed by atoms with van der Waals surface area (Å²) in [6.45, 7) is -0.302. The Hall–Kier alpha value is -5.91. The SMILES string of the molecule is CN(C)C(=O)COC(=O)Cc1ccc(OC(=O)c2ccc(N=C(N)N)cc2)cc1.O=C(O)c1ccc2ccccc2c1O. The van der Waals surface area contributed by atoms with E-state index in [9.17, 15) is 24.3 Å². The van der Waals surface area contributed by atoms with Crippen molar-refractivity contribution in [2.45, 2.75) is 6.42 Å². The van der Waals surface area contributed by atoms with Gasteiger partial charge in [0.1, 0.15) is 17.1 Å². The van der Waals surface area contributed by atoms with Crippen LogP contribution in [0.15, 0.2) is 89.9 Å². The van der Waals surface area contributed by atoms with Crippen LogP contribution in [-0.2, 0) is 20.7 Å². The molecule has 1 amide bonds. The number of nitrogens with zero attached hydrogens (tertiary/aromatic N) is 2. The van der Waals surface area contributed by atoms with Gasteiger partial charge in [-0.15, -0.1) is 0 Å². The van der Waals surface area contributed by atoms with Gasteiger partial charge in [0.15, 0.2) is 12.6 Å². The summed E-state index contributed by atoms with van der Waals surface area (Å²) >= 11 is 0. The van der Waals surface area contributed by atoms with Crippen molar-refractivity contribution in [3.8, 4) is 11.5 Å². The number of aromatic hydroxyl groups is 1. The number of phenols is 1. The highest BCUT2D eigenvalue weighted by atomic mass is 16.5. The predicted octanol–water partition coefficient (Wildman–Crippen LogP) is 3.23. The van der Waals surface area contributed by atoms with Gasteiger partial charge in [-0.05, 0) is 53.4 Å². The van der Waals surface area contributed by atoms with E-state index in [1.165, 1.54) is 11.0 Å². The van der Waals surface area contributed by atoms with Gasteiger partial charge in [0.25, 0.3) is 5.91 Å². The summed E-state index contributed by atoms with van der Waals surface area (Å²) in [4.78, 5) is 51.3. The third-order valence-electron chi connectivity index (χ3n) is 5.83. The standard InChI is InChI=1S/C20H22N4O5.C11H8O3/c1-24(2)17(25)12-28-18(26)11-13-3-9-16(10-4-13)29-19(27)14-5-7-15(8-6-14)23-20(21)22;12-10-8-4-2-1-3-7(8)5-6-9(10)11(13)14/h3-10H,11-12H2,1-2H3,(H4,21,22,23);1-6,12H,(H,13,14). The summed E-state index contributed by atoms with van der Waals surface area (Å²) in [6.07, 6.45) is 0.00118. The fraction of sp³-hybridized carbons (Fsp3) is 0.129. The molecule has 43 heavy (non-hydrogen) atoms. The number of fused-ring (bicyclic) bond motifs is 1. The number of aliphatic imine (C=N–C) groups is 1. The van der Waals surface area contributed by atoms with Crippen molar-refractivity contribution in [3.05, 3.63) is 102 Å². The molecule has 0 aromatic heterocycles. The third kappa shape index (κ3) is 9.32. The minimum atomic E-state index is -1.12. The fourth-order valence-electron chi connectivity index (χ4n) is 3.58. The molecular formula is C31H30N4O8. The molecule has 0 aliphatic rings. The Morgan fingerprint density at radius 3 is 2.12 bits per heavy atom. The van der Waals surface area contributed by atoms with E-state index >= 15 is 0 Å². The summed E-state index contributed by atoms with van der Waals surface area (Å²) in [6, 6.07) is 22.9. The van der Waals surface area contributed by atoms with Gasteiger partial charge in [-0.25, -0.2) is 14.6 Å². The number of amides is 1. The van der Waals surface area contributed by atoms with E-state index in [0.29, 0.717) is 28.0 Å². The molecule has 0 fully saturated rings. The molecule has 0 bridgehead atoms. The van der Waals surface area contributed by atoms with Crippen molar-refractivity contribution < 1.29 is 38.9 Å². The molecule has 0 aliphatic heterocycles. The summed E-state index contributed by atoms with van der Waals surface area (Å²) in [5.41, 5.74) is 12.0. The van der Waals surface area contributed by atoms with Crippen LogP contribution in [0.4, 0.5) is 5.69 Å². The molecule has 0 radical (unpaired) electrons. The second-order valence-electron chi connectivity index (χ2n) is 9.23. The fourth-order valence-corrected chi connectivity index (χ4v) is 3.58. The highest BCUT2D eigenvalue weighted by Crippen LogP contribution is 2.28. The van der Waals surface area contributed by atoms with Crippen LogP contribution in [-0.4, -0.2) is 65.6 Å². The molecule has 0 saturated heterocycles. The first-order valence-corrected chi connectivity index (χ1v) is 12.7. The Balaban J connectivity index is 0.000000299. The Morgan fingerprint density at radius 2 is 1.51 bits per heavy atom. The van der Waals surface area contributed by atoms with Crippen molar-refractivity contribution >= 4 is 46.2 Å². The molecule has 0 spiro atoms. The second kappa shape index (κ2) is 14.6. The van der Waals surface area contributed by atoms with Crippen LogP contribution in [0.1, 0.15) is 26.3 Å². The smallest absolute Gasteiger partial charge is 0.343 e. The van der Waals surface area contributed by atoms with Crippen molar-refractivity contribution in [2.75, 3.05) is 20.7 Å². The molecule has 0 saturated carbocycles. The average molecular weight is 587 g/mol. The lowest BCUT2D eigenvalue weighted by molar-refractivity contribution is -0.150. The lowest BCUT2D eigenvalue weighted by Crippen LogP contribution is -2.27. The first kappa shape index (κ1) is 31.6. The highest BCUT2D eigenvalue weighted by molar-refractivity contribution is 6.00. The quantitative estimate of drug-likeness (QED) is 0.103. The van der Waals surface area contributed by atoms with E-state index in [1.807, 2.05) is 12.1 Å². The zero-order valence-corrected chi connectivity index (χ0v) is 23.4. The molecule has 0 atom stereocenters. The van der Waals surface area contributed by atoms with Crippen LogP contribution in [0.3, 0.4) is 0 Å². The largest absolute Gasteiger partial charge is 0.506 e. The molecule has 4 aromatic carbocycles. The van der Waals surface area contributed by atoms with Crippen LogP contribution in [0, 0.1) is 0 Å². The third-order valence-corrected chi connectivity index (χ3v) is 5.83. The number of likely N-dealkylation sites (N-methyl/N-ethyl adjacent to an activating group) is 1. The van der Waals surface area contributed by atoms with E-state index < -0.39 is 17.9 Å². The number of hydrogen-bond acceptors (Lipinski definition) is 8. The Morgan fingerprint density at radius 1 is 0.860 bits per heavy atom. The lowest BCUT2D eigenvalue weighted by Gasteiger charge is -2.10. The van der Waals surface area contributed by atoms with E-state index in [4.69, 9.17) is 26.0 Å². The number of carbonyl (C=O) groups is 4. The van der Waals surface area contributed by atoms with Crippen LogP contribution in [0.2, 0.25) is 0 Å². The number of guanidine groups is 1. The van der Waals surface area contributed by atoms with Gasteiger partial charge in [-0.1, -0.05) is 42.5 Å². The maximum Gasteiger partial charge on any atom is 0.343 e. The maximum atomic E-state index is 12.2.